The van der Waals surface area contributed by atoms with Crippen LogP contribution in [0.2, 0.25) is 0 Å². The summed E-state index contributed by atoms with van der Waals surface area (Å²) in [6.45, 7) is 9.67. The lowest BCUT2D eigenvalue weighted by atomic mass is 9.86. The summed E-state index contributed by atoms with van der Waals surface area (Å²) in [6.07, 6.45) is 3.60. The highest BCUT2D eigenvalue weighted by atomic mass is 16.2. The van der Waals surface area contributed by atoms with Gasteiger partial charge in [0, 0.05) is 27.6 Å². The van der Waals surface area contributed by atoms with Gasteiger partial charge in [0.05, 0.1) is 0 Å². The van der Waals surface area contributed by atoms with E-state index in [0.29, 0.717) is 0 Å². The van der Waals surface area contributed by atoms with Crippen molar-refractivity contribution in [2.24, 2.45) is 0 Å². The number of H-pyrrole nitrogens is 1. The fourth-order valence-corrected chi connectivity index (χ4v) is 2.81. The molecule has 1 atom stereocenters. The van der Waals surface area contributed by atoms with Crippen molar-refractivity contribution in [2.45, 2.75) is 32.2 Å². The Bertz CT molecular complexity index is 874. The molecule has 0 aliphatic carbocycles. The van der Waals surface area contributed by atoms with Crippen molar-refractivity contribution in [3.8, 4) is 0 Å². The second-order valence-corrected chi connectivity index (χ2v) is 6.63. The molecule has 3 N–H and O–H groups in total. The molecule has 1 aromatic carbocycles. The molecule has 0 radical (unpaired) electrons. The lowest BCUT2D eigenvalue weighted by molar-refractivity contribution is -0.130. The highest BCUT2D eigenvalue weighted by Crippen LogP contribution is 2.33. The summed E-state index contributed by atoms with van der Waals surface area (Å²) in [5.74, 6) is -0.500. The van der Waals surface area contributed by atoms with E-state index in [1.54, 1.807) is 13.0 Å². The maximum atomic E-state index is 12.2. The largest absolute Gasteiger partial charge is 0.357 e. The van der Waals surface area contributed by atoms with Gasteiger partial charge < -0.3 is 15.6 Å². The van der Waals surface area contributed by atoms with Crippen LogP contribution in [0.3, 0.4) is 0 Å². The zero-order valence-corrected chi connectivity index (χ0v) is 14.1. The Kier molecular flexibility index (Phi) is 3.79. The molecule has 1 aliphatic heterocycles. The Morgan fingerprint density at radius 3 is 2.62 bits per heavy atom. The van der Waals surface area contributed by atoms with Crippen molar-refractivity contribution in [1.82, 2.24) is 15.6 Å². The molecule has 2 heterocycles. The standard InChI is InChI=1S/C19H21N3O2/c1-5-19(3,4)16-13(12-8-6-7-9-14(12)21-16)10-15-18(24)20-11(2)17(23)22-15/h5-11,21H,1H2,2-4H3,(H,20,24)(H,22,23)/b15-10-/t11-/m0/s1. The SMILES string of the molecule is C=CC(C)(C)c1[nH]c2ccccc2c1/C=C1\NC(=O)[C@H](C)NC1=O. The quantitative estimate of drug-likeness (QED) is 0.600. The molecular formula is C19H21N3O2. The van der Waals surface area contributed by atoms with Crippen LogP contribution in [0.1, 0.15) is 32.0 Å². The van der Waals surface area contributed by atoms with Gasteiger partial charge in [-0.05, 0) is 19.1 Å². The van der Waals surface area contributed by atoms with Gasteiger partial charge in [-0.3, -0.25) is 9.59 Å². The van der Waals surface area contributed by atoms with E-state index in [-0.39, 0.29) is 22.9 Å². The van der Waals surface area contributed by atoms with E-state index in [4.69, 9.17) is 0 Å². The Morgan fingerprint density at radius 2 is 1.92 bits per heavy atom. The first kappa shape index (κ1) is 16.1. The predicted molar refractivity (Wildman–Crippen MR) is 95.2 cm³/mol. The van der Waals surface area contributed by atoms with E-state index in [2.05, 4.69) is 22.2 Å². The first-order valence-electron chi connectivity index (χ1n) is 7.91. The Hall–Kier alpha value is -2.82. The van der Waals surface area contributed by atoms with E-state index in [0.717, 1.165) is 22.2 Å². The van der Waals surface area contributed by atoms with Gasteiger partial charge in [0.1, 0.15) is 11.7 Å². The fourth-order valence-electron chi connectivity index (χ4n) is 2.81. The molecule has 0 unspecified atom stereocenters. The van der Waals surface area contributed by atoms with E-state index in [9.17, 15) is 9.59 Å². The maximum absolute atomic E-state index is 12.2. The molecule has 1 aliphatic rings. The number of amides is 2. The van der Waals surface area contributed by atoms with Gasteiger partial charge in [0.15, 0.2) is 0 Å². The summed E-state index contributed by atoms with van der Waals surface area (Å²) in [7, 11) is 0. The molecule has 5 nitrogen and oxygen atoms in total. The summed E-state index contributed by atoms with van der Waals surface area (Å²) in [5, 5.41) is 6.34. The summed E-state index contributed by atoms with van der Waals surface area (Å²) >= 11 is 0. The number of hydrogen-bond acceptors (Lipinski definition) is 2. The molecule has 124 valence electrons. The third-order valence-corrected chi connectivity index (χ3v) is 4.43. The van der Waals surface area contributed by atoms with Crippen LogP contribution in [0.4, 0.5) is 0 Å². The molecule has 1 fully saturated rings. The number of benzene rings is 1. The van der Waals surface area contributed by atoms with Gasteiger partial charge >= 0.3 is 0 Å². The molecule has 0 saturated carbocycles. The monoisotopic (exact) mass is 323 g/mol. The second kappa shape index (κ2) is 5.67. The minimum Gasteiger partial charge on any atom is -0.357 e. The smallest absolute Gasteiger partial charge is 0.268 e. The van der Waals surface area contributed by atoms with Gasteiger partial charge in [0.2, 0.25) is 5.91 Å². The molecule has 2 amide bonds. The van der Waals surface area contributed by atoms with E-state index >= 15 is 0 Å². The van der Waals surface area contributed by atoms with Crippen molar-refractivity contribution in [3.05, 3.63) is 53.9 Å². The number of fused-ring (bicyclic) bond motifs is 1. The van der Waals surface area contributed by atoms with Crippen molar-refractivity contribution in [2.75, 3.05) is 0 Å². The molecule has 0 bridgehead atoms. The van der Waals surface area contributed by atoms with Crippen molar-refractivity contribution >= 4 is 28.8 Å². The number of nitrogens with one attached hydrogen (secondary N) is 3. The minimum atomic E-state index is -0.526. The number of hydrogen-bond donors (Lipinski definition) is 3. The van der Waals surface area contributed by atoms with E-state index in [1.807, 2.05) is 44.2 Å². The number of aromatic amines is 1. The zero-order chi connectivity index (χ0) is 17.5. The topological polar surface area (TPSA) is 74.0 Å². The Labute approximate surface area is 140 Å². The van der Waals surface area contributed by atoms with Crippen LogP contribution in [0, 0.1) is 0 Å². The number of carbonyl (C=O) groups is 2. The number of piperazine rings is 1. The third kappa shape index (κ3) is 2.62. The van der Waals surface area contributed by atoms with Crippen LogP contribution in [-0.4, -0.2) is 22.8 Å². The van der Waals surface area contributed by atoms with Crippen LogP contribution in [0.15, 0.2) is 42.6 Å². The number of aromatic nitrogens is 1. The van der Waals surface area contributed by atoms with Gasteiger partial charge in [-0.1, -0.05) is 38.1 Å². The molecule has 24 heavy (non-hydrogen) atoms. The molecule has 5 heteroatoms. The number of allylic oxidation sites excluding steroid dienone is 1. The highest BCUT2D eigenvalue weighted by molar-refractivity contribution is 6.08. The summed E-state index contributed by atoms with van der Waals surface area (Å²) in [6, 6.07) is 7.36. The maximum Gasteiger partial charge on any atom is 0.268 e. The van der Waals surface area contributed by atoms with Gasteiger partial charge in [-0.25, -0.2) is 0 Å². The molecule has 1 aromatic heterocycles. The molecule has 0 spiro atoms. The van der Waals surface area contributed by atoms with Crippen molar-refractivity contribution < 1.29 is 9.59 Å². The van der Waals surface area contributed by atoms with Crippen LogP contribution < -0.4 is 10.6 Å². The normalized spacial score (nSPS) is 20.1. The average molecular weight is 323 g/mol. The third-order valence-electron chi connectivity index (χ3n) is 4.43. The molecular weight excluding hydrogens is 302 g/mol. The van der Waals surface area contributed by atoms with Crippen molar-refractivity contribution in [3.63, 3.8) is 0 Å². The molecule has 1 saturated heterocycles. The number of para-hydroxylation sites is 1. The van der Waals surface area contributed by atoms with Crippen LogP contribution in [-0.2, 0) is 15.0 Å². The highest BCUT2D eigenvalue weighted by Gasteiger charge is 2.28. The van der Waals surface area contributed by atoms with Gasteiger partial charge in [-0.2, -0.15) is 0 Å². The lowest BCUT2D eigenvalue weighted by Crippen LogP contribution is -2.53. The van der Waals surface area contributed by atoms with E-state index in [1.165, 1.54) is 0 Å². The number of carbonyl (C=O) groups excluding carboxylic acids is 2. The van der Waals surface area contributed by atoms with Crippen LogP contribution in [0.25, 0.3) is 17.0 Å². The summed E-state index contributed by atoms with van der Waals surface area (Å²) in [5.41, 5.74) is 2.75. The lowest BCUT2D eigenvalue weighted by Gasteiger charge is -2.23. The van der Waals surface area contributed by atoms with Crippen molar-refractivity contribution in [1.29, 1.82) is 0 Å². The first-order chi connectivity index (χ1) is 11.3. The Balaban J connectivity index is 2.20. The summed E-state index contributed by atoms with van der Waals surface area (Å²) in [4.78, 5) is 27.5. The van der Waals surface area contributed by atoms with Crippen LogP contribution >= 0.6 is 0 Å². The van der Waals surface area contributed by atoms with E-state index < -0.39 is 6.04 Å². The Morgan fingerprint density at radius 1 is 1.21 bits per heavy atom. The molecule has 2 aromatic rings. The zero-order valence-electron chi connectivity index (χ0n) is 14.1. The first-order valence-corrected chi connectivity index (χ1v) is 7.91. The minimum absolute atomic E-state index is 0.217. The van der Waals surface area contributed by atoms with Gasteiger partial charge in [-0.15, -0.1) is 6.58 Å². The van der Waals surface area contributed by atoms with Crippen LogP contribution in [0.5, 0.6) is 0 Å². The fraction of sp³-hybridized carbons (Fsp3) is 0.263. The van der Waals surface area contributed by atoms with Gasteiger partial charge in [0.25, 0.3) is 5.91 Å². The average Bonchev–Trinajstić information content (AvgIpc) is 2.92. The predicted octanol–water partition coefficient (Wildman–Crippen LogP) is 2.61. The number of rotatable bonds is 3. The molecule has 3 rings (SSSR count). The summed E-state index contributed by atoms with van der Waals surface area (Å²) < 4.78 is 0. The second-order valence-electron chi connectivity index (χ2n) is 6.63.